The first-order chi connectivity index (χ1) is 8.72. The summed E-state index contributed by atoms with van der Waals surface area (Å²) in [5.41, 5.74) is 1.37. The van der Waals surface area contributed by atoms with Gasteiger partial charge in [-0.25, -0.2) is 0 Å². The van der Waals surface area contributed by atoms with Crippen molar-refractivity contribution in [2.75, 3.05) is 0 Å². The Morgan fingerprint density at radius 3 is 2.89 bits per heavy atom. The first-order valence-electron chi connectivity index (χ1n) is 7.20. The van der Waals surface area contributed by atoms with Gasteiger partial charge in [-0.1, -0.05) is 34.5 Å². The fraction of sp³-hybridized carbons (Fsp3) is 0.625. The van der Waals surface area contributed by atoms with Crippen molar-refractivity contribution in [1.82, 2.24) is 5.32 Å². The fourth-order valence-corrected chi connectivity index (χ4v) is 4.43. The Bertz CT molecular complexity index is 417. The molecule has 2 fully saturated rings. The molecule has 18 heavy (non-hydrogen) atoms. The van der Waals surface area contributed by atoms with Gasteiger partial charge in [0.25, 0.3) is 0 Å². The number of benzene rings is 1. The molecule has 0 spiro atoms. The molecule has 2 aliphatic carbocycles. The Morgan fingerprint density at radius 2 is 2.22 bits per heavy atom. The Balaban J connectivity index is 1.54. The smallest absolute Gasteiger partial charge is 0.0208 e. The van der Waals surface area contributed by atoms with Crippen LogP contribution in [0.25, 0.3) is 0 Å². The third kappa shape index (κ3) is 2.65. The molecular formula is C16H22BrN. The SMILES string of the molecule is CC(NCc1cccc(Br)c1)C1CC2CCC1C2. The molecule has 1 aromatic rings. The zero-order valence-electron chi connectivity index (χ0n) is 11.0. The van der Waals surface area contributed by atoms with Crippen molar-refractivity contribution < 1.29 is 0 Å². The van der Waals surface area contributed by atoms with Crippen LogP contribution in [0.5, 0.6) is 0 Å². The van der Waals surface area contributed by atoms with Crippen LogP contribution < -0.4 is 5.32 Å². The molecule has 4 atom stereocenters. The van der Waals surface area contributed by atoms with Crippen LogP contribution in [0.4, 0.5) is 0 Å². The van der Waals surface area contributed by atoms with Gasteiger partial charge < -0.3 is 5.32 Å². The average molecular weight is 308 g/mol. The van der Waals surface area contributed by atoms with Crippen LogP contribution in [0.3, 0.4) is 0 Å². The molecule has 3 rings (SSSR count). The van der Waals surface area contributed by atoms with Crippen molar-refractivity contribution >= 4 is 15.9 Å². The van der Waals surface area contributed by atoms with E-state index in [2.05, 4.69) is 52.4 Å². The first-order valence-corrected chi connectivity index (χ1v) is 7.99. The van der Waals surface area contributed by atoms with Gasteiger partial charge in [0.15, 0.2) is 0 Å². The topological polar surface area (TPSA) is 12.0 Å². The van der Waals surface area contributed by atoms with Crippen LogP contribution in [-0.2, 0) is 6.54 Å². The van der Waals surface area contributed by atoms with E-state index in [1.165, 1.54) is 35.7 Å². The van der Waals surface area contributed by atoms with E-state index in [0.717, 1.165) is 24.3 Å². The molecule has 0 saturated heterocycles. The van der Waals surface area contributed by atoms with Crippen molar-refractivity contribution in [3.05, 3.63) is 34.3 Å². The monoisotopic (exact) mass is 307 g/mol. The molecular weight excluding hydrogens is 286 g/mol. The highest BCUT2D eigenvalue weighted by atomic mass is 79.9. The predicted octanol–water partition coefficient (Wildman–Crippen LogP) is 4.36. The summed E-state index contributed by atoms with van der Waals surface area (Å²) in [6.45, 7) is 3.37. The average Bonchev–Trinajstić information content (AvgIpc) is 2.98. The van der Waals surface area contributed by atoms with Crippen LogP contribution in [0.15, 0.2) is 28.7 Å². The third-order valence-corrected chi connectivity index (χ3v) is 5.45. The van der Waals surface area contributed by atoms with E-state index in [4.69, 9.17) is 0 Å². The summed E-state index contributed by atoms with van der Waals surface area (Å²) in [5, 5.41) is 3.73. The highest BCUT2D eigenvalue weighted by Crippen LogP contribution is 2.49. The maximum atomic E-state index is 3.73. The number of halogens is 1. The Morgan fingerprint density at radius 1 is 1.33 bits per heavy atom. The summed E-state index contributed by atoms with van der Waals surface area (Å²) in [6.07, 6.45) is 5.96. The summed E-state index contributed by atoms with van der Waals surface area (Å²) < 4.78 is 1.18. The predicted molar refractivity (Wildman–Crippen MR) is 79.4 cm³/mol. The molecule has 0 aromatic heterocycles. The number of fused-ring (bicyclic) bond motifs is 2. The third-order valence-electron chi connectivity index (χ3n) is 4.95. The fourth-order valence-electron chi connectivity index (χ4n) is 3.98. The van der Waals surface area contributed by atoms with Gasteiger partial charge in [0.05, 0.1) is 0 Å². The van der Waals surface area contributed by atoms with Crippen LogP contribution in [-0.4, -0.2) is 6.04 Å². The number of hydrogen-bond acceptors (Lipinski definition) is 1. The zero-order valence-corrected chi connectivity index (χ0v) is 12.6. The van der Waals surface area contributed by atoms with Gasteiger partial charge in [0, 0.05) is 17.1 Å². The van der Waals surface area contributed by atoms with Crippen molar-refractivity contribution in [3.8, 4) is 0 Å². The molecule has 1 N–H and O–H groups in total. The highest BCUT2D eigenvalue weighted by Gasteiger charge is 2.41. The molecule has 1 nitrogen and oxygen atoms in total. The van der Waals surface area contributed by atoms with Gasteiger partial charge in [0.1, 0.15) is 0 Å². The quantitative estimate of drug-likeness (QED) is 0.871. The van der Waals surface area contributed by atoms with E-state index in [1.54, 1.807) is 0 Å². The lowest BCUT2D eigenvalue weighted by molar-refractivity contribution is 0.259. The molecule has 1 aromatic carbocycles. The standard InChI is InChI=1S/C16H22BrN/c1-11(16-9-12-5-6-14(16)7-12)18-10-13-3-2-4-15(17)8-13/h2-4,8,11-12,14,16,18H,5-7,9-10H2,1H3. The van der Waals surface area contributed by atoms with Crippen molar-refractivity contribution in [3.63, 3.8) is 0 Å². The molecule has 2 bridgehead atoms. The minimum absolute atomic E-state index is 0.666. The minimum Gasteiger partial charge on any atom is -0.310 e. The molecule has 2 heteroatoms. The van der Waals surface area contributed by atoms with Crippen LogP contribution in [0.1, 0.15) is 38.2 Å². The van der Waals surface area contributed by atoms with E-state index in [9.17, 15) is 0 Å². The lowest BCUT2D eigenvalue weighted by Gasteiger charge is -2.28. The Labute approximate surface area is 118 Å². The highest BCUT2D eigenvalue weighted by molar-refractivity contribution is 9.10. The van der Waals surface area contributed by atoms with Crippen LogP contribution in [0, 0.1) is 17.8 Å². The van der Waals surface area contributed by atoms with Crippen LogP contribution in [0.2, 0.25) is 0 Å². The second-order valence-corrected chi connectivity index (χ2v) is 7.05. The molecule has 0 heterocycles. The summed E-state index contributed by atoms with van der Waals surface area (Å²) in [4.78, 5) is 0. The van der Waals surface area contributed by atoms with Gasteiger partial charge in [-0.2, -0.15) is 0 Å². The summed E-state index contributed by atoms with van der Waals surface area (Å²) in [7, 11) is 0. The van der Waals surface area contributed by atoms with E-state index in [0.29, 0.717) is 6.04 Å². The molecule has 4 unspecified atom stereocenters. The maximum absolute atomic E-state index is 3.73. The molecule has 2 aliphatic rings. The maximum Gasteiger partial charge on any atom is 0.0208 e. The van der Waals surface area contributed by atoms with Gasteiger partial charge in [-0.05, 0) is 61.6 Å². The Kier molecular flexibility index (Phi) is 3.76. The second kappa shape index (κ2) is 5.34. The van der Waals surface area contributed by atoms with Gasteiger partial charge >= 0.3 is 0 Å². The number of hydrogen-bond donors (Lipinski definition) is 1. The van der Waals surface area contributed by atoms with Gasteiger partial charge in [-0.15, -0.1) is 0 Å². The van der Waals surface area contributed by atoms with E-state index < -0.39 is 0 Å². The van der Waals surface area contributed by atoms with Crippen molar-refractivity contribution in [1.29, 1.82) is 0 Å². The number of rotatable bonds is 4. The summed E-state index contributed by atoms with van der Waals surface area (Å²) in [5.74, 6) is 2.99. The zero-order chi connectivity index (χ0) is 12.5. The normalized spacial score (nSPS) is 31.8. The van der Waals surface area contributed by atoms with Crippen molar-refractivity contribution in [2.45, 2.75) is 45.2 Å². The lowest BCUT2D eigenvalue weighted by atomic mass is 9.84. The molecule has 0 amide bonds. The molecule has 2 saturated carbocycles. The Hall–Kier alpha value is -0.340. The van der Waals surface area contributed by atoms with E-state index in [1.807, 2.05) is 0 Å². The molecule has 0 radical (unpaired) electrons. The van der Waals surface area contributed by atoms with Gasteiger partial charge in [-0.3, -0.25) is 0 Å². The van der Waals surface area contributed by atoms with E-state index in [-0.39, 0.29) is 0 Å². The van der Waals surface area contributed by atoms with E-state index >= 15 is 0 Å². The summed E-state index contributed by atoms with van der Waals surface area (Å²) >= 11 is 3.53. The molecule has 98 valence electrons. The molecule has 0 aliphatic heterocycles. The first kappa shape index (κ1) is 12.7. The van der Waals surface area contributed by atoms with Crippen LogP contribution >= 0.6 is 15.9 Å². The largest absolute Gasteiger partial charge is 0.310 e. The lowest BCUT2D eigenvalue weighted by Crippen LogP contribution is -2.35. The van der Waals surface area contributed by atoms with Gasteiger partial charge in [0.2, 0.25) is 0 Å². The number of nitrogens with one attached hydrogen (secondary N) is 1. The second-order valence-electron chi connectivity index (χ2n) is 6.14. The van der Waals surface area contributed by atoms with Crippen molar-refractivity contribution in [2.24, 2.45) is 17.8 Å². The minimum atomic E-state index is 0.666. The summed E-state index contributed by atoms with van der Waals surface area (Å²) in [6, 6.07) is 9.28.